The molecule has 1 atom stereocenters. The molecule has 2 heterocycles. The van der Waals surface area contributed by atoms with Crippen LogP contribution in [0.1, 0.15) is 23.2 Å². The second-order valence-electron chi connectivity index (χ2n) is 5.61. The van der Waals surface area contributed by atoms with E-state index in [1.807, 2.05) is 11.0 Å². The first kappa shape index (κ1) is 15.8. The molecule has 0 saturated carbocycles. The maximum atomic E-state index is 12.2. The molecule has 23 heavy (non-hydrogen) atoms. The Hall–Kier alpha value is -2.11. The second kappa shape index (κ2) is 6.98. The molecule has 2 N–H and O–H groups in total. The van der Waals surface area contributed by atoms with Gasteiger partial charge in [-0.2, -0.15) is 0 Å². The smallest absolute Gasteiger partial charge is 0.257 e. The van der Waals surface area contributed by atoms with Crippen molar-refractivity contribution in [1.29, 1.82) is 0 Å². The van der Waals surface area contributed by atoms with E-state index in [0.29, 0.717) is 22.8 Å². The van der Waals surface area contributed by atoms with Gasteiger partial charge >= 0.3 is 0 Å². The summed E-state index contributed by atoms with van der Waals surface area (Å²) >= 11 is 5.90. The van der Waals surface area contributed by atoms with E-state index >= 15 is 0 Å². The third-order valence-electron chi connectivity index (χ3n) is 3.81. The number of anilines is 2. The minimum absolute atomic E-state index is 0.231. The number of carbonyl (C=O) groups is 1. The van der Waals surface area contributed by atoms with Crippen molar-refractivity contribution in [3.8, 4) is 0 Å². The van der Waals surface area contributed by atoms with Crippen molar-refractivity contribution in [2.45, 2.75) is 18.9 Å². The Balaban J connectivity index is 1.68. The summed E-state index contributed by atoms with van der Waals surface area (Å²) in [6.45, 7) is 1.46. The lowest BCUT2D eigenvalue weighted by Crippen LogP contribution is -2.38. The molecule has 2 aromatic rings. The summed E-state index contributed by atoms with van der Waals surface area (Å²) in [5.74, 6) is 0.549. The molecule has 0 aliphatic carbocycles. The third-order valence-corrected chi connectivity index (χ3v) is 4.05. The fourth-order valence-corrected chi connectivity index (χ4v) is 2.83. The average molecular weight is 332 g/mol. The highest BCUT2D eigenvalue weighted by molar-refractivity contribution is 6.30. The molecule has 1 aliphatic heterocycles. The van der Waals surface area contributed by atoms with Crippen molar-refractivity contribution in [3.63, 3.8) is 0 Å². The van der Waals surface area contributed by atoms with Gasteiger partial charge in [0.2, 0.25) is 0 Å². The standard InChI is InChI=1S/C17H18ClN3O2/c18-13-3-1-4-14(9-13)20-17(23)12-6-7-16(19-10-12)21-8-2-5-15(22)11-21/h1,3-4,6-7,9-10,15,22H,2,5,8,11H2,(H,20,23). The number of pyridine rings is 1. The third kappa shape index (κ3) is 4.00. The number of nitrogens with zero attached hydrogens (tertiary/aromatic N) is 2. The Labute approximate surface area is 139 Å². The summed E-state index contributed by atoms with van der Waals surface area (Å²) in [5.41, 5.74) is 1.12. The molecular formula is C17H18ClN3O2. The molecule has 6 heteroatoms. The number of carbonyl (C=O) groups excluding carboxylic acids is 1. The van der Waals surface area contributed by atoms with Gasteiger partial charge in [0.25, 0.3) is 5.91 Å². The molecule has 1 fully saturated rings. The number of halogens is 1. The summed E-state index contributed by atoms with van der Waals surface area (Å²) < 4.78 is 0. The van der Waals surface area contributed by atoms with Crippen LogP contribution in [-0.2, 0) is 0 Å². The number of hydrogen-bond donors (Lipinski definition) is 2. The van der Waals surface area contributed by atoms with Crippen LogP contribution in [0, 0.1) is 0 Å². The summed E-state index contributed by atoms with van der Waals surface area (Å²) in [4.78, 5) is 18.6. The van der Waals surface area contributed by atoms with Crippen molar-refractivity contribution >= 4 is 29.0 Å². The fourth-order valence-electron chi connectivity index (χ4n) is 2.64. The van der Waals surface area contributed by atoms with Crippen LogP contribution in [0.15, 0.2) is 42.6 Å². The summed E-state index contributed by atoms with van der Waals surface area (Å²) in [7, 11) is 0. The van der Waals surface area contributed by atoms with Crippen molar-refractivity contribution in [1.82, 2.24) is 4.98 Å². The zero-order valence-electron chi connectivity index (χ0n) is 12.6. The van der Waals surface area contributed by atoms with Crippen LogP contribution in [0.4, 0.5) is 11.5 Å². The van der Waals surface area contributed by atoms with Crippen LogP contribution in [0.2, 0.25) is 5.02 Å². The van der Waals surface area contributed by atoms with Gasteiger partial charge < -0.3 is 15.3 Å². The lowest BCUT2D eigenvalue weighted by atomic mass is 10.1. The second-order valence-corrected chi connectivity index (χ2v) is 6.05. The lowest BCUT2D eigenvalue weighted by molar-refractivity contribution is 0.102. The van der Waals surface area contributed by atoms with Gasteiger partial charge in [-0.05, 0) is 43.2 Å². The number of amides is 1. The molecule has 0 bridgehead atoms. The van der Waals surface area contributed by atoms with Crippen molar-refractivity contribution in [2.24, 2.45) is 0 Å². The predicted molar refractivity (Wildman–Crippen MR) is 91.1 cm³/mol. The number of piperidine rings is 1. The molecule has 1 unspecified atom stereocenters. The van der Waals surface area contributed by atoms with E-state index in [-0.39, 0.29) is 12.0 Å². The van der Waals surface area contributed by atoms with Gasteiger partial charge in [-0.25, -0.2) is 4.98 Å². The van der Waals surface area contributed by atoms with Gasteiger partial charge in [0, 0.05) is 30.0 Å². The number of benzene rings is 1. The number of nitrogens with one attached hydrogen (secondary N) is 1. The van der Waals surface area contributed by atoms with Gasteiger partial charge in [-0.1, -0.05) is 17.7 Å². The quantitative estimate of drug-likeness (QED) is 0.907. The highest BCUT2D eigenvalue weighted by Gasteiger charge is 2.19. The van der Waals surface area contributed by atoms with Crippen LogP contribution in [0.3, 0.4) is 0 Å². The molecule has 1 aromatic carbocycles. The van der Waals surface area contributed by atoms with Crippen molar-refractivity contribution in [3.05, 3.63) is 53.2 Å². The first-order chi connectivity index (χ1) is 11.1. The Bertz CT molecular complexity index is 690. The zero-order chi connectivity index (χ0) is 16.2. The number of aliphatic hydroxyl groups is 1. The maximum absolute atomic E-state index is 12.2. The molecule has 1 saturated heterocycles. The van der Waals surface area contributed by atoms with E-state index in [1.165, 1.54) is 0 Å². The molecule has 3 rings (SSSR count). The van der Waals surface area contributed by atoms with Gasteiger partial charge in [0.1, 0.15) is 5.82 Å². The van der Waals surface area contributed by atoms with Crippen molar-refractivity contribution in [2.75, 3.05) is 23.3 Å². The first-order valence-corrected chi connectivity index (χ1v) is 7.95. The van der Waals surface area contributed by atoms with Crippen molar-refractivity contribution < 1.29 is 9.90 Å². The number of aliphatic hydroxyl groups excluding tert-OH is 1. The van der Waals surface area contributed by atoms with E-state index in [2.05, 4.69) is 10.3 Å². The van der Waals surface area contributed by atoms with E-state index < -0.39 is 0 Å². The number of aromatic nitrogens is 1. The minimum Gasteiger partial charge on any atom is -0.391 e. The van der Waals surface area contributed by atoms with Crippen LogP contribution in [0.5, 0.6) is 0 Å². The molecule has 120 valence electrons. The zero-order valence-corrected chi connectivity index (χ0v) is 13.3. The van der Waals surface area contributed by atoms with E-state index in [4.69, 9.17) is 11.6 Å². The normalized spacial score (nSPS) is 17.8. The molecule has 1 aromatic heterocycles. The number of hydrogen-bond acceptors (Lipinski definition) is 4. The number of β-amino-alcohol motifs (C(OH)–C–C–N with tert-alkyl or cyclic N) is 1. The molecule has 0 radical (unpaired) electrons. The monoisotopic (exact) mass is 331 g/mol. The predicted octanol–water partition coefficient (Wildman–Crippen LogP) is 2.95. The lowest BCUT2D eigenvalue weighted by Gasteiger charge is -2.30. The molecule has 0 spiro atoms. The fraction of sp³-hybridized carbons (Fsp3) is 0.294. The van der Waals surface area contributed by atoms with E-state index in [9.17, 15) is 9.90 Å². The highest BCUT2D eigenvalue weighted by Crippen LogP contribution is 2.19. The first-order valence-electron chi connectivity index (χ1n) is 7.58. The minimum atomic E-state index is -0.309. The Morgan fingerprint density at radius 1 is 1.35 bits per heavy atom. The average Bonchev–Trinajstić information content (AvgIpc) is 2.55. The van der Waals surface area contributed by atoms with Crippen LogP contribution < -0.4 is 10.2 Å². The largest absolute Gasteiger partial charge is 0.391 e. The van der Waals surface area contributed by atoms with E-state index in [1.54, 1.807) is 36.5 Å². The summed E-state index contributed by atoms with van der Waals surface area (Å²) in [6.07, 6.45) is 3.02. The summed E-state index contributed by atoms with van der Waals surface area (Å²) in [6, 6.07) is 10.5. The van der Waals surface area contributed by atoms with Gasteiger partial charge in [-0.3, -0.25) is 4.79 Å². The topological polar surface area (TPSA) is 65.5 Å². The molecule has 1 amide bonds. The van der Waals surface area contributed by atoms with E-state index in [0.717, 1.165) is 25.2 Å². The Morgan fingerprint density at radius 3 is 2.91 bits per heavy atom. The van der Waals surface area contributed by atoms with Gasteiger partial charge in [0.05, 0.1) is 11.7 Å². The molecular weight excluding hydrogens is 314 g/mol. The molecule has 5 nitrogen and oxygen atoms in total. The summed E-state index contributed by atoms with van der Waals surface area (Å²) in [5, 5.41) is 13.1. The van der Waals surface area contributed by atoms with Gasteiger partial charge in [-0.15, -0.1) is 0 Å². The van der Waals surface area contributed by atoms with Crippen LogP contribution >= 0.6 is 11.6 Å². The number of rotatable bonds is 3. The SMILES string of the molecule is O=C(Nc1cccc(Cl)c1)c1ccc(N2CCCC(O)C2)nc1. The Kier molecular flexibility index (Phi) is 4.79. The Morgan fingerprint density at radius 2 is 2.22 bits per heavy atom. The molecule has 1 aliphatic rings. The highest BCUT2D eigenvalue weighted by atomic mass is 35.5. The maximum Gasteiger partial charge on any atom is 0.257 e. The van der Waals surface area contributed by atoms with Gasteiger partial charge in [0.15, 0.2) is 0 Å². The van der Waals surface area contributed by atoms with Crippen LogP contribution in [0.25, 0.3) is 0 Å². The van der Waals surface area contributed by atoms with Crippen LogP contribution in [-0.4, -0.2) is 35.2 Å².